The van der Waals surface area contributed by atoms with E-state index in [0.29, 0.717) is 12.7 Å². The van der Waals surface area contributed by atoms with Crippen LogP contribution in [0.25, 0.3) is 0 Å². The van der Waals surface area contributed by atoms with Crippen molar-refractivity contribution in [2.45, 2.75) is 25.7 Å². The van der Waals surface area contributed by atoms with Gasteiger partial charge in [0.15, 0.2) is 0 Å². The fraction of sp³-hybridized carbons (Fsp3) is 0.368. The third-order valence-electron chi connectivity index (χ3n) is 4.26. The van der Waals surface area contributed by atoms with Crippen molar-refractivity contribution in [2.24, 2.45) is 0 Å². The van der Waals surface area contributed by atoms with Gasteiger partial charge in [-0.25, -0.2) is 0 Å². The molecule has 0 N–H and O–H groups in total. The van der Waals surface area contributed by atoms with Gasteiger partial charge in [-0.1, -0.05) is 52.3 Å². The molecule has 4 heteroatoms. The van der Waals surface area contributed by atoms with Crippen LogP contribution in [0.3, 0.4) is 0 Å². The fourth-order valence-electron chi connectivity index (χ4n) is 2.92. The first kappa shape index (κ1) is 16.5. The van der Waals surface area contributed by atoms with Gasteiger partial charge in [0.05, 0.1) is 6.10 Å². The molecule has 1 heterocycles. The van der Waals surface area contributed by atoms with E-state index in [0.717, 1.165) is 36.3 Å². The summed E-state index contributed by atoms with van der Waals surface area (Å²) < 4.78 is 12.6. The molecule has 1 atom stereocenters. The summed E-state index contributed by atoms with van der Waals surface area (Å²) in [5.74, 6) is 0.948. The Kier molecular flexibility index (Phi) is 5.70. The minimum atomic E-state index is 0.353. The van der Waals surface area contributed by atoms with Crippen LogP contribution in [0.5, 0.6) is 5.75 Å². The zero-order valence-electron chi connectivity index (χ0n) is 13.4. The number of hydrogen-bond acceptors (Lipinski definition) is 3. The third-order valence-corrected chi connectivity index (χ3v) is 5.00. The van der Waals surface area contributed by atoms with Gasteiger partial charge in [0.25, 0.3) is 0 Å². The Morgan fingerprint density at radius 2 is 1.96 bits per heavy atom. The Bertz CT molecular complexity index is 633. The molecule has 2 aromatic rings. The van der Waals surface area contributed by atoms with E-state index in [4.69, 9.17) is 9.47 Å². The Morgan fingerprint density at radius 1 is 1.13 bits per heavy atom. The van der Waals surface area contributed by atoms with Gasteiger partial charge in [-0.05, 0) is 24.1 Å². The van der Waals surface area contributed by atoms with Gasteiger partial charge >= 0.3 is 0 Å². The Morgan fingerprint density at radius 3 is 2.70 bits per heavy atom. The van der Waals surface area contributed by atoms with Crippen LogP contribution in [0.1, 0.15) is 17.5 Å². The van der Waals surface area contributed by atoms with Crippen molar-refractivity contribution in [3.05, 3.63) is 64.1 Å². The normalized spacial score (nSPS) is 18.3. The van der Waals surface area contributed by atoms with Crippen LogP contribution in [-0.2, 0) is 17.9 Å². The van der Waals surface area contributed by atoms with E-state index in [1.54, 1.807) is 7.11 Å². The number of ether oxygens (including phenoxy) is 2. The van der Waals surface area contributed by atoms with Crippen molar-refractivity contribution in [3.63, 3.8) is 0 Å². The SMILES string of the molecule is CO[C@H]1CCN(Cc2c(Br)cccc2OCc2ccccc2)C1. The second-order valence-corrected chi connectivity index (χ2v) is 6.73. The zero-order chi connectivity index (χ0) is 16.1. The molecule has 23 heavy (non-hydrogen) atoms. The molecule has 2 aromatic carbocycles. The molecule has 0 unspecified atom stereocenters. The molecule has 0 saturated carbocycles. The molecule has 1 aliphatic rings. The van der Waals surface area contributed by atoms with Gasteiger partial charge in [-0.3, -0.25) is 4.90 Å². The van der Waals surface area contributed by atoms with Crippen LogP contribution >= 0.6 is 15.9 Å². The number of methoxy groups -OCH3 is 1. The monoisotopic (exact) mass is 375 g/mol. The Balaban J connectivity index is 1.69. The van der Waals surface area contributed by atoms with Crippen LogP contribution in [0.4, 0.5) is 0 Å². The molecule has 0 bridgehead atoms. The molecule has 0 amide bonds. The summed E-state index contributed by atoms with van der Waals surface area (Å²) in [4.78, 5) is 2.42. The standard InChI is InChI=1S/C19H22BrNO2/c1-22-16-10-11-21(12-16)13-17-18(20)8-5-9-19(17)23-14-15-6-3-2-4-7-15/h2-9,16H,10-14H2,1H3/t16-/m0/s1. The number of benzene rings is 2. The van der Waals surface area contributed by atoms with Crippen LogP contribution in [-0.4, -0.2) is 31.2 Å². The molecule has 1 saturated heterocycles. The molecule has 0 aromatic heterocycles. The number of halogens is 1. The molecule has 1 fully saturated rings. The summed E-state index contributed by atoms with van der Waals surface area (Å²) in [6, 6.07) is 16.4. The van der Waals surface area contributed by atoms with Crippen molar-refractivity contribution in [2.75, 3.05) is 20.2 Å². The number of nitrogens with zero attached hydrogens (tertiary/aromatic N) is 1. The summed E-state index contributed by atoms with van der Waals surface area (Å²) in [6.07, 6.45) is 1.45. The maximum Gasteiger partial charge on any atom is 0.125 e. The molecular weight excluding hydrogens is 354 g/mol. The molecule has 3 rings (SSSR count). The van der Waals surface area contributed by atoms with Crippen molar-refractivity contribution in [1.29, 1.82) is 0 Å². The van der Waals surface area contributed by atoms with E-state index >= 15 is 0 Å². The second kappa shape index (κ2) is 7.95. The summed E-state index contributed by atoms with van der Waals surface area (Å²) in [5, 5.41) is 0. The summed E-state index contributed by atoms with van der Waals surface area (Å²) in [5.41, 5.74) is 2.39. The van der Waals surface area contributed by atoms with Crippen LogP contribution in [0.2, 0.25) is 0 Å². The second-order valence-electron chi connectivity index (χ2n) is 5.87. The Hall–Kier alpha value is -1.36. The summed E-state index contributed by atoms with van der Waals surface area (Å²) in [7, 11) is 1.79. The summed E-state index contributed by atoms with van der Waals surface area (Å²) in [6.45, 7) is 3.52. The quantitative estimate of drug-likeness (QED) is 0.753. The lowest BCUT2D eigenvalue weighted by Crippen LogP contribution is -2.23. The van der Waals surface area contributed by atoms with Crippen LogP contribution in [0, 0.1) is 0 Å². The van der Waals surface area contributed by atoms with Crippen LogP contribution < -0.4 is 4.74 Å². The van der Waals surface area contributed by atoms with Gasteiger partial charge in [0.2, 0.25) is 0 Å². The van der Waals surface area contributed by atoms with E-state index in [9.17, 15) is 0 Å². The molecule has 122 valence electrons. The highest BCUT2D eigenvalue weighted by molar-refractivity contribution is 9.10. The van der Waals surface area contributed by atoms with Gasteiger partial charge in [0, 0.05) is 36.8 Å². The van der Waals surface area contributed by atoms with E-state index in [-0.39, 0.29) is 0 Å². The highest BCUT2D eigenvalue weighted by Gasteiger charge is 2.23. The maximum absolute atomic E-state index is 6.08. The zero-order valence-corrected chi connectivity index (χ0v) is 15.0. The molecule has 1 aliphatic heterocycles. The smallest absolute Gasteiger partial charge is 0.125 e. The largest absolute Gasteiger partial charge is 0.489 e. The topological polar surface area (TPSA) is 21.7 Å². The molecule has 0 spiro atoms. The van der Waals surface area contributed by atoms with Gasteiger partial charge in [-0.15, -0.1) is 0 Å². The summed E-state index contributed by atoms with van der Waals surface area (Å²) >= 11 is 3.67. The predicted molar refractivity (Wildman–Crippen MR) is 95.6 cm³/mol. The van der Waals surface area contributed by atoms with E-state index in [2.05, 4.69) is 39.0 Å². The minimum Gasteiger partial charge on any atom is -0.489 e. The number of likely N-dealkylation sites (tertiary alicyclic amines) is 1. The third kappa shape index (κ3) is 4.34. The first-order valence-corrected chi connectivity index (χ1v) is 8.75. The fourth-order valence-corrected chi connectivity index (χ4v) is 3.39. The van der Waals surface area contributed by atoms with Crippen molar-refractivity contribution in [1.82, 2.24) is 4.90 Å². The minimum absolute atomic E-state index is 0.353. The number of rotatable bonds is 6. The average molecular weight is 376 g/mol. The van der Waals surface area contributed by atoms with Gasteiger partial charge in [-0.2, -0.15) is 0 Å². The molecule has 3 nitrogen and oxygen atoms in total. The van der Waals surface area contributed by atoms with E-state index in [1.165, 1.54) is 11.1 Å². The van der Waals surface area contributed by atoms with Crippen molar-refractivity contribution >= 4 is 15.9 Å². The first-order chi connectivity index (χ1) is 11.3. The van der Waals surface area contributed by atoms with Gasteiger partial charge < -0.3 is 9.47 Å². The highest BCUT2D eigenvalue weighted by Crippen LogP contribution is 2.30. The molecular formula is C19H22BrNO2. The number of hydrogen-bond donors (Lipinski definition) is 0. The Labute approximate surface area is 146 Å². The van der Waals surface area contributed by atoms with E-state index < -0.39 is 0 Å². The van der Waals surface area contributed by atoms with Crippen LogP contribution in [0.15, 0.2) is 53.0 Å². The lowest BCUT2D eigenvalue weighted by Gasteiger charge is -2.19. The maximum atomic E-state index is 6.08. The van der Waals surface area contributed by atoms with E-state index in [1.807, 2.05) is 30.3 Å². The predicted octanol–water partition coefficient (Wildman–Crippen LogP) is 4.25. The van der Waals surface area contributed by atoms with Gasteiger partial charge in [0.1, 0.15) is 12.4 Å². The lowest BCUT2D eigenvalue weighted by molar-refractivity contribution is 0.107. The average Bonchev–Trinajstić information content (AvgIpc) is 3.04. The van der Waals surface area contributed by atoms with Crippen molar-refractivity contribution < 1.29 is 9.47 Å². The first-order valence-electron chi connectivity index (χ1n) is 7.95. The molecule has 0 aliphatic carbocycles. The molecule has 0 radical (unpaired) electrons. The lowest BCUT2D eigenvalue weighted by atomic mass is 10.2. The highest BCUT2D eigenvalue weighted by atomic mass is 79.9. The van der Waals surface area contributed by atoms with Crippen molar-refractivity contribution in [3.8, 4) is 5.75 Å².